The zero-order chi connectivity index (χ0) is 94.6. The number of H-pyrrole nitrogens is 1. The number of nitrogens with one attached hydrogen (secondary N) is 1. The number of piperidine rings is 1. The van der Waals surface area contributed by atoms with E-state index >= 15 is 0 Å². The summed E-state index contributed by atoms with van der Waals surface area (Å²) in [4.78, 5) is 163. The van der Waals surface area contributed by atoms with E-state index < -0.39 is 102 Å². The number of Topliss-reactive ketones (excluding diaryl/α,β-unsaturated/α-hetero) is 3. The van der Waals surface area contributed by atoms with Crippen LogP contribution in [0.3, 0.4) is 0 Å². The van der Waals surface area contributed by atoms with Crippen LogP contribution in [0.2, 0.25) is 0 Å². The van der Waals surface area contributed by atoms with Gasteiger partial charge >= 0.3 is 12.1 Å². The number of anilines is 3. The number of ether oxygens (including phenoxy) is 7. The van der Waals surface area contributed by atoms with Crippen LogP contribution < -0.4 is 15.5 Å². The lowest BCUT2D eigenvalue weighted by Gasteiger charge is -2.42. The van der Waals surface area contributed by atoms with Gasteiger partial charge in [0.25, 0.3) is 17.6 Å². The Morgan fingerprint density at radius 3 is 2.25 bits per heavy atom. The molecular weight excluding hydrogens is 1710 g/mol. The van der Waals surface area contributed by atoms with Gasteiger partial charge in [-0.05, 0) is 142 Å². The first kappa shape index (κ1) is 97.4. The van der Waals surface area contributed by atoms with Gasteiger partial charge in [0, 0.05) is 191 Å². The molecular formula is C99H130N18O17. The predicted molar refractivity (Wildman–Crippen MR) is 499 cm³/mol. The molecule has 13 heterocycles. The van der Waals surface area contributed by atoms with Crippen molar-refractivity contribution in [3.8, 4) is 11.3 Å². The Kier molecular flexibility index (Phi) is 32.0. The second-order valence-electron chi connectivity index (χ2n) is 37.8. The molecule has 15 rings (SSSR count). The van der Waals surface area contributed by atoms with E-state index in [-0.39, 0.29) is 74.0 Å². The van der Waals surface area contributed by atoms with Crippen LogP contribution in [0, 0.1) is 35.5 Å². The van der Waals surface area contributed by atoms with Gasteiger partial charge in [0.2, 0.25) is 23.6 Å². The zero-order valence-electron chi connectivity index (χ0n) is 78.8. The second-order valence-corrected chi connectivity index (χ2v) is 37.8. The number of hydrogen-bond donors (Lipinski definition) is 4. The zero-order valence-corrected chi connectivity index (χ0v) is 78.8. The number of aromatic amines is 1. The number of esters is 1. The number of cyclic esters (lactones) is 1. The monoisotopic (exact) mass is 1840 g/mol. The van der Waals surface area contributed by atoms with Crippen molar-refractivity contribution in [3.05, 3.63) is 149 Å². The largest absolute Gasteiger partial charge is 0.460 e. The molecule has 4 amide bonds. The number of piperazine rings is 2. The number of hydrogen-bond acceptors (Lipinski definition) is 29. The quantitative estimate of drug-likeness (QED) is 0.0253. The molecule has 35 nitrogen and oxygen atoms in total. The summed E-state index contributed by atoms with van der Waals surface area (Å²) in [6.07, 6.45) is 20.9. The molecule has 1 aromatic carbocycles. The molecule has 8 aliphatic rings. The molecule has 7 aromatic rings. The molecule has 35 heteroatoms. The first-order valence-electron chi connectivity index (χ1n) is 47.6. The Labute approximate surface area is 782 Å². The van der Waals surface area contributed by atoms with Crippen molar-refractivity contribution in [2.45, 2.75) is 219 Å². The van der Waals surface area contributed by atoms with E-state index in [1.165, 1.54) is 23.9 Å². The van der Waals surface area contributed by atoms with Crippen LogP contribution in [0.15, 0.2) is 115 Å². The summed E-state index contributed by atoms with van der Waals surface area (Å²) in [7, 11) is 4.53. The standard InChI is InChI=1S/C99H130N18O17/c1-60-16-12-11-13-17-61(2)80(128-8)50-75-23-19-66(7)99(127,134-75)89(122)94(124)116-30-15-14-18-77(116)95(125)132-81(51-78(118)62(3)45-65(6)87(121)88(130-10)86(120)64(5)44-60)63(4)46-67-21-24-79(82(48-67)129-9)133-98(126)115-32-27-76-74(58-115)55-105-97(108-76)113-39-37-111(38-40-113)83(119)28-42-131-43-41-110-33-35-112(36-34-110)96-103-53-73(54-104-96)93(123)114-31-26-69-47-68(20-22-71(69)57-114)56-117-92-84(90(100)106-59-107-92)85(109-117)72-49-70-25-29-101-91(70)102-52-72/h11-13,16-17,20,22,25,29,45,47,49,52-55,59-60,62-64,66-67,75,77,79-82,87-88,121,127H,14-15,18-19,21,23-24,26-28,30-44,46,48,50-51,56-58H2,1-10H3,(H,101,102)(H2,100,106,107)/b13-11+,16-12+,61-17+,65-45+/t60-,62-,63-,64-,66-,67+,75+,77+,79-,80+,81+,82-,87-,88+,99-/m1/s1. The number of aromatic nitrogens is 10. The van der Waals surface area contributed by atoms with Crippen molar-refractivity contribution < 1.29 is 81.7 Å². The highest BCUT2D eigenvalue weighted by Crippen LogP contribution is 2.41. The number of nitrogens with two attached hydrogens (primary N) is 1. The Morgan fingerprint density at radius 2 is 1.48 bits per heavy atom. The van der Waals surface area contributed by atoms with Gasteiger partial charge < -0.3 is 83.5 Å². The van der Waals surface area contributed by atoms with E-state index in [0.717, 1.165) is 64.2 Å². The third-order valence-corrected chi connectivity index (χ3v) is 28.5. The smallest absolute Gasteiger partial charge is 0.410 e. The Hall–Kier alpha value is -11.2. The molecule has 2 bridgehead atoms. The number of pyridine rings is 1. The first-order chi connectivity index (χ1) is 64.6. The first-order valence-corrected chi connectivity index (χ1v) is 47.6. The maximum absolute atomic E-state index is 14.9. The minimum atomic E-state index is -2.49. The Balaban J connectivity index is 0.485. The number of carbonyl (C=O) groups excluding carboxylic acids is 8. The molecule has 5 fully saturated rings. The molecule has 0 unspecified atom stereocenters. The highest BCUT2D eigenvalue weighted by atomic mass is 16.6. The lowest BCUT2D eigenvalue weighted by atomic mass is 9.78. The number of nitrogen functional groups attached to an aromatic ring is 1. The number of fused-ring (bicyclic) bond motifs is 7. The van der Waals surface area contributed by atoms with Crippen molar-refractivity contribution in [3.63, 3.8) is 0 Å². The van der Waals surface area contributed by atoms with E-state index in [2.05, 4.69) is 62.8 Å². The number of carbonyl (C=O) groups is 8. The Bertz CT molecular complexity index is 5490. The summed E-state index contributed by atoms with van der Waals surface area (Å²) in [5.41, 5.74) is 15.9. The van der Waals surface area contributed by atoms with Gasteiger partial charge in [0.05, 0.1) is 67.7 Å². The van der Waals surface area contributed by atoms with Gasteiger partial charge in [-0.1, -0.05) is 89.3 Å². The van der Waals surface area contributed by atoms with E-state index in [1.807, 2.05) is 90.9 Å². The third-order valence-electron chi connectivity index (χ3n) is 28.5. The number of amides is 4. The molecule has 6 aromatic heterocycles. The summed E-state index contributed by atoms with van der Waals surface area (Å²) in [6, 6.07) is 9.11. The highest BCUT2D eigenvalue weighted by Gasteiger charge is 2.54. The average molecular weight is 1840 g/mol. The van der Waals surface area contributed by atoms with Crippen molar-refractivity contribution in [1.82, 2.24) is 74.2 Å². The fourth-order valence-electron chi connectivity index (χ4n) is 20.2. The summed E-state index contributed by atoms with van der Waals surface area (Å²) in [6.45, 7) is 21.4. The number of rotatable bonds is 19. The fourth-order valence-corrected chi connectivity index (χ4v) is 20.2. The van der Waals surface area contributed by atoms with E-state index in [0.29, 0.717) is 195 Å². The maximum atomic E-state index is 14.9. The second kappa shape index (κ2) is 44.1. The molecule has 4 saturated heterocycles. The van der Waals surface area contributed by atoms with Gasteiger partial charge in [0.1, 0.15) is 59.7 Å². The van der Waals surface area contributed by atoms with Crippen LogP contribution in [0.25, 0.3) is 33.3 Å². The fraction of sp³-hybridized carbons (Fsp3) is 0.576. The number of aliphatic hydroxyl groups excluding tert-OH is 1. The summed E-state index contributed by atoms with van der Waals surface area (Å²) in [5, 5.41) is 30.5. The highest BCUT2D eigenvalue weighted by molar-refractivity contribution is 6.39. The lowest BCUT2D eigenvalue weighted by Crippen LogP contribution is -2.61. The van der Waals surface area contributed by atoms with Gasteiger partial charge in [-0.15, -0.1) is 0 Å². The number of ketones is 3. The minimum Gasteiger partial charge on any atom is -0.460 e. The van der Waals surface area contributed by atoms with Crippen LogP contribution in [-0.2, 0) is 94.4 Å². The van der Waals surface area contributed by atoms with Crippen LogP contribution in [-0.4, -0.2) is 299 Å². The topological polar surface area (TPSA) is 414 Å². The molecule has 1 aliphatic carbocycles. The van der Waals surface area contributed by atoms with Gasteiger partial charge in [-0.3, -0.25) is 33.7 Å². The van der Waals surface area contributed by atoms with E-state index in [4.69, 9.17) is 54.0 Å². The third kappa shape index (κ3) is 22.8. The molecule has 0 radical (unpaired) electrons. The number of methoxy groups -OCH3 is 3. The van der Waals surface area contributed by atoms with Crippen molar-refractivity contribution in [2.75, 3.05) is 129 Å². The maximum Gasteiger partial charge on any atom is 0.410 e. The SMILES string of the molecule is CO[C@H]1C[C@@H]2CC[C@@H](C)[C@@](O)(O2)C(=O)C(=O)N2CCCC[C@H]2C(=O)O[C@H]([C@H](C)C[C@@H]2CC[C@@H](OC(=O)N3CCc4nc(N5CCN(C(=O)CCOCCN6CCN(c7ncc(C(=O)N8CCc9cc(Cn%10nc(-c%11cnc%12[nH]ccc%12c%11)c%11c(N)ncnc%11%10)ccc9C8)cn7)CC6)CC5)ncc4C3)[C@H](OC)C2)CC(=O)[C@H](C)/C=C(\C)[C@@H](O)[C@@H](OC)C(=O)[C@H](C)C[C@H](C)/C=C/C=C/C=C/1C. The van der Waals surface area contributed by atoms with Gasteiger partial charge in [-0.2, -0.15) is 5.10 Å². The molecule has 15 atom stereocenters. The number of allylic oxidation sites excluding steroid dienone is 6. The molecule has 7 aliphatic heterocycles. The van der Waals surface area contributed by atoms with Crippen LogP contribution in [0.1, 0.15) is 170 Å². The van der Waals surface area contributed by atoms with Crippen molar-refractivity contribution >= 4 is 86.9 Å². The molecule has 1 saturated carbocycles. The number of aliphatic hydroxyl groups is 2. The summed E-state index contributed by atoms with van der Waals surface area (Å²) < 4.78 is 44.5. The number of benzene rings is 1. The van der Waals surface area contributed by atoms with Crippen LogP contribution in [0.4, 0.5) is 22.5 Å². The van der Waals surface area contributed by atoms with Crippen molar-refractivity contribution in [1.29, 1.82) is 0 Å². The Morgan fingerprint density at radius 1 is 0.716 bits per heavy atom. The van der Waals surface area contributed by atoms with E-state index in [9.17, 15) is 48.6 Å². The normalized spacial score (nSPS) is 28.2. The minimum absolute atomic E-state index is 0.0232. The van der Waals surface area contributed by atoms with Crippen LogP contribution in [0.5, 0.6) is 0 Å². The van der Waals surface area contributed by atoms with Gasteiger partial charge in [0.15, 0.2) is 11.4 Å². The molecule has 0 spiro atoms. The average Bonchev–Trinajstić information content (AvgIpc) is 1.59. The van der Waals surface area contributed by atoms with Crippen LogP contribution >= 0.6 is 0 Å². The lowest BCUT2D eigenvalue weighted by molar-refractivity contribution is -0.265. The number of nitrogens with zero attached hydrogens (tertiary/aromatic N) is 16. The summed E-state index contributed by atoms with van der Waals surface area (Å²) in [5.74, 6) is -7.30. The predicted octanol–water partition coefficient (Wildman–Crippen LogP) is 9.35. The van der Waals surface area contributed by atoms with Gasteiger partial charge in [-0.25, -0.2) is 49.2 Å². The van der Waals surface area contributed by atoms with E-state index in [1.54, 1.807) is 70.8 Å². The molecule has 134 heavy (non-hydrogen) atoms. The summed E-state index contributed by atoms with van der Waals surface area (Å²) >= 11 is 0. The van der Waals surface area contributed by atoms with Crippen molar-refractivity contribution in [2.24, 2.45) is 35.5 Å². The molecule has 5 N–H and O–H groups in total. The molecule has 718 valence electrons.